The van der Waals surface area contributed by atoms with Gasteiger partial charge >= 0.3 is 0 Å². The summed E-state index contributed by atoms with van der Waals surface area (Å²) in [6.07, 6.45) is 8.07. The van der Waals surface area contributed by atoms with Gasteiger partial charge in [0.2, 0.25) is 11.8 Å². The van der Waals surface area contributed by atoms with Crippen LogP contribution in [0, 0.1) is 0 Å². The molecular formula is C41H47ClN4O2. The van der Waals surface area contributed by atoms with E-state index < -0.39 is 0 Å². The minimum Gasteiger partial charge on any atom is -0.361 e. The summed E-state index contributed by atoms with van der Waals surface area (Å²) in [5, 5.41) is 4.26. The van der Waals surface area contributed by atoms with E-state index in [4.69, 9.17) is 11.6 Å². The van der Waals surface area contributed by atoms with E-state index in [1.165, 1.54) is 16.5 Å². The molecule has 0 unspecified atom stereocenters. The molecule has 1 aliphatic rings. The molecule has 1 saturated carbocycles. The monoisotopic (exact) mass is 662 g/mol. The quantitative estimate of drug-likeness (QED) is 0.146. The fourth-order valence-electron chi connectivity index (χ4n) is 7.57. The van der Waals surface area contributed by atoms with Gasteiger partial charge in [0.1, 0.15) is 0 Å². The molecule has 2 amide bonds. The lowest BCUT2D eigenvalue weighted by Gasteiger charge is -2.47. The average Bonchev–Trinajstić information content (AvgIpc) is 3.53. The van der Waals surface area contributed by atoms with Crippen molar-refractivity contribution in [3.05, 3.63) is 119 Å². The largest absolute Gasteiger partial charge is 0.361 e. The van der Waals surface area contributed by atoms with Gasteiger partial charge in [-0.15, -0.1) is 0 Å². The number of nitrogens with zero attached hydrogens (tertiary/aromatic N) is 3. The van der Waals surface area contributed by atoms with E-state index in [0.717, 1.165) is 65.4 Å². The fourth-order valence-corrected chi connectivity index (χ4v) is 7.69. The van der Waals surface area contributed by atoms with Crippen molar-refractivity contribution in [2.75, 3.05) is 27.7 Å². The van der Waals surface area contributed by atoms with E-state index in [1.807, 2.05) is 59.4 Å². The summed E-state index contributed by atoms with van der Waals surface area (Å²) in [5.41, 5.74) is 4.75. The molecule has 4 aromatic carbocycles. The summed E-state index contributed by atoms with van der Waals surface area (Å²) >= 11 is 6.14. The Morgan fingerprint density at radius 1 is 0.792 bits per heavy atom. The molecule has 1 aliphatic carbocycles. The molecule has 0 spiro atoms. The Hall–Kier alpha value is -4.13. The first-order valence-corrected chi connectivity index (χ1v) is 17.6. The number of hydrogen-bond acceptors (Lipinski definition) is 3. The molecule has 1 fully saturated rings. The Morgan fingerprint density at radius 2 is 1.46 bits per heavy atom. The van der Waals surface area contributed by atoms with Crippen molar-refractivity contribution >= 4 is 45.1 Å². The van der Waals surface area contributed by atoms with Crippen molar-refractivity contribution in [3.8, 4) is 0 Å². The standard InChI is InChI=1S/C41H47ClN4O2/c1-44(2)41(27-30-15-17-34(42)18-16-30)24-21-35(22-25-41)45(3)39(47)19-20-40(48)46(26-23-32-28-43-38-14-7-6-13-37(32)38)29-33-11-8-10-31-9-4-5-12-36(31)33/h4-18,28,35,43H,19-27,29H2,1-3H3. The highest BCUT2D eigenvalue weighted by atomic mass is 35.5. The van der Waals surface area contributed by atoms with Crippen LogP contribution in [0.5, 0.6) is 0 Å². The van der Waals surface area contributed by atoms with E-state index in [9.17, 15) is 9.59 Å². The van der Waals surface area contributed by atoms with Gasteiger partial charge in [-0.3, -0.25) is 9.59 Å². The number of aromatic amines is 1. The van der Waals surface area contributed by atoms with Crippen molar-refractivity contribution in [2.24, 2.45) is 0 Å². The van der Waals surface area contributed by atoms with Gasteiger partial charge in [0, 0.05) is 66.7 Å². The number of likely N-dealkylation sites (N-methyl/N-ethyl adjacent to an activating group) is 1. The molecule has 250 valence electrons. The number of H-pyrrole nitrogens is 1. The Labute approximate surface area is 289 Å². The number of halogens is 1. The number of carbonyl (C=O) groups excluding carboxylic acids is 2. The molecule has 1 aromatic heterocycles. The molecule has 5 aromatic rings. The maximum Gasteiger partial charge on any atom is 0.223 e. The van der Waals surface area contributed by atoms with Crippen LogP contribution < -0.4 is 0 Å². The number of benzene rings is 4. The summed E-state index contributed by atoms with van der Waals surface area (Å²) < 4.78 is 0. The van der Waals surface area contributed by atoms with Crippen LogP contribution in [0.4, 0.5) is 0 Å². The Balaban J connectivity index is 1.10. The Morgan fingerprint density at radius 3 is 2.21 bits per heavy atom. The third kappa shape index (κ3) is 7.61. The topological polar surface area (TPSA) is 59.7 Å². The number of rotatable bonds is 12. The van der Waals surface area contributed by atoms with Gasteiger partial charge in [-0.05, 0) is 98.3 Å². The predicted octanol–water partition coefficient (Wildman–Crippen LogP) is 8.27. The lowest BCUT2D eigenvalue weighted by atomic mass is 9.74. The first-order chi connectivity index (χ1) is 23.2. The van der Waals surface area contributed by atoms with Crippen molar-refractivity contribution in [1.29, 1.82) is 0 Å². The zero-order valence-electron chi connectivity index (χ0n) is 28.4. The molecule has 7 heteroatoms. The normalized spacial score (nSPS) is 18.0. The second kappa shape index (κ2) is 15.0. The molecular weight excluding hydrogens is 616 g/mol. The first kappa shape index (κ1) is 33.8. The SMILES string of the molecule is CN(C(=O)CCC(=O)N(CCc1c[nH]c2ccccc12)Cc1cccc2ccccc12)C1CCC(Cc2ccc(Cl)cc2)(N(C)C)CC1. The molecule has 0 aliphatic heterocycles. The highest BCUT2D eigenvalue weighted by molar-refractivity contribution is 6.30. The number of amides is 2. The number of aromatic nitrogens is 1. The number of hydrogen-bond donors (Lipinski definition) is 1. The van der Waals surface area contributed by atoms with Crippen molar-refractivity contribution in [2.45, 2.75) is 69.5 Å². The number of para-hydroxylation sites is 1. The zero-order chi connectivity index (χ0) is 33.7. The van der Waals surface area contributed by atoms with Crippen LogP contribution in [-0.2, 0) is 29.0 Å². The van der Waals surface area contributed by atoms with E-state index in [1.54, 1.807) is 0 Å². The van der Waals surface area contributed by atoms with Gasteiger partial charge in [-0.25, -0.2) is 0 Å². The lowest BCUT2D eigenvalue weighted by Crippen LogP contribution is -2.52. The molecule has 0 saturated heterocycles. The maximum absolute atomic E-state index is 13.9. The molecule has 48 heavy (non-hydrogen) atoms. The van der Waals surface area contributed by atoms with Crippen LogP contribution in [0.2, 0.25) is 5.02 Å². The molecule has 0 atom stereocenters. The zero-order valence-corrected chi connectivity index (χ0v) is 29.2. The Bertz CT molecular complexity index is 1850. The molecule has 0 radical (unpaired) electrons. The van der Waals surface area contributed by atoms with Gasteiger partial charge in [0.15, 0.2) is 0 Å². The number of carbonyl (C=O) groups is 2. The van der Waals surface area contributed by atoms with Crippen LogP contribution in [0.1, 0.15) is 55.2 Å². The second-order valence-electron chi connectivity index (χ2n) is 13.7. The molecule has 6 nitrogen and oxygen atoms in total. The molecule has 1 heterocycles. The van der Waals surface area contributed by atoms with E-state index in [-0.39, 0.29) is 36.2 Å². The minimum atomic E-state index is 0.0164. The van der Waals surface area contributed by atoms with E-state index >= 15 is 0 Å². The van der Waals surface area contributed by atoms with Crippen LogP contribution >= 0.6 is 11.6 Å². The minimum absolute atomic E-state index is 0.0164. The summed E-state index contributed by atoms with van der Waals surface area (Å²) in [5.74, 6) is 0.0629. The van der Waals surface area contributed by atoms with Crippen LogP contribution in [0.3, 0.4) is 0 Å². The maximum atomic E-state index is 13.9. The number of fused-ring (bicyclic) bond motifs is 2. The van der Waals surface area contributed by atoms with Gasteiger partial charge in [-0.1, -0.05) is 84.4 Å². The fraction of sp³-hybridized carbons (Fsp3) is 0.366. The van der Waals surface area contributed by atoms with E-state index in [0.29, 0.717) is 13.1 Å². The summed E-state index contributed by atoms with van der Waals surface area (Å²) in [6, 6.07) is 31.2. The Kier molecular flexibility index (Phi) is 10.5. The average molecular weight is 663 g/mol. The molecule has 1 N–H and O–H groups in total. The van der Waals surface area contributed by atoms with Gasteiger partial charge in [-0.2, -0.15) is 0 Å². The molecule has 6 rings (SSSR count). The summed E-state index contributed by atoms with van der Waals surface area (Å²) in [6.45, 7) is 1.09. The summed E-state index contributed by atoms with van der Waals surface area (Å²) in [7, 11) is 6.25. The second-order valence-corrected chi connectivity index (χ2v) is 14.2. The third-order valence-electron chi connectivity index (χ3n) is 10.7. The van der Waals surface area contributed by atoms with Gasteiger partial charge in [0.05, 0.1) is 0 Å². The van der Waals surface area contributed by atoms with Crippen LogP contribution in [-0.4, -0.2) is 70.8 Å². The number of nitrogens with one attached hydrogen (secondary N) is 1. The third-order valence-corrected chi connectivity index (χ3v) is 10.9. The predicted molar refractivity (Wildman–Crippen MR) is 197 cm³/mol. The smallest absolute Gasteiger partial charge is 0.223 e. The highest BCUT2D eigenvalue weighted by Crippen LogP contribution is 2.37. The van der Waals surface area contributed by atoms with Crippen molar-refractivity contribution in [3.63, 3.8) is 0 Å². The summed E-state index contributed by atoms with van der Waals surface area (Å²) in [4.78, 5) is 37.0. The van der Waals surface area contributed by atoms with Crippen LogP contribution in [0.15, 0.2) is 97.2 Å². The van der Waals surface area contributed by atoms with Crippen molar-refractivity contribution in [1.82, 2.24) is 19.7 Å². The van der Waals surface area contributed by atoms with Crippen molar-refractivity contribution < 1.29 is 9.59 Å². The molecule has 0 bridgehead atoms. The lowest BCUT2D eigenvalue weighted by molar-refractivity contribution is -0.138. The van der Waals surface area contributed by atoms with Gasteiger partial charge < -0.3 is 19.7 Å². The first-order valence-electron chi connectivity index (χ1n) is 17.2. The van der Waals surface area contributed by atoms with Gasteiger partial charge in [0.25, 0.3) is 0 Å². The van der Waals surface area contributed by atoms with E-state index in [2.05, 4.69) is 78.6 Å². The highest BCUT2D eigenvalue weighted by Gasteiger charge is 2.39. The van der Waals surface area contributed by atoms with Crippen LogP contribution in [0.25, 0.3) is 21.7 Å².